The van der Waals surface area contributed by atoms with Crippen molar-refractivity contribution in [2.24, 2.45) is 0 Å². The molecule has 0 fully saturated rings. The smallest absolute Gasteiger partial charge is 0.366 e. The summed E-state index contributed by atoms with van der Waals surface area (Å²) >= 11 is 0. The van der Waals surface area contributed by atoms with Crippen LogP contribution in [0.2, 0.25) is 0 Å². The maximum atomic E-state index is 12.8. The van der Waals surface area contributed by atoms with Gasteiger partial charge in [-0.25, -0.2) is 0 Å². The molecule has 0 radical (unpaired) electrons. The molecule has 2 amide bonds. The number of aryl methyl sites for hydroxylation is 2. The molecule has 0 saturated carbocycles. The third-order valence-corrected chi connectivity index (χ3v) is 4.55. The van der Waals surface area contributed by atoms with E-state index in [1.54, 1.807) is 13.8 Å². The monoisotopic (exact) mass is 384 g/mol. The van der Waals surface area contributed by atoms with Gasteiger partial charge in [0.15, 0.2) is 11.9 Å². The Labute approximate surface area is 161 Å². The molecule has 2 heterocycles. The van der Waals surface area contributed by atoms with E-state index in [-0.39, 0.29) is 11.6 Å². The summed E-state index contributed by atoms with van der Waals surface area (Å²) in [5.74, 6) is -1.19. The van der Waals surface area contributed by atoms with E-state index in [1.807, 2.05) is 32.0 Å². The second kappa shape index (κ2) is 7.26. The van der Waals surface area contributed by atoms with Crippen molar-refractivity contribution in [1.29, 1.82) is 0 Å². The Kier molecular flexibility index (Phi) is 5.00. The molecule has 0 bridgehead atoms. The van der Waals surface area contributed by atoms with Gasteiger partial charge in [-0.15, -0.1) is 0 Å². The summed E-state index contributed by atoms with van der Waals surface area (Å²) in [6.45, 7) is 6.86. The number of rotatable bonds is 4. The van der Waals surface area contributed by atoms with Crippen molar-refractivity contribution in [1.82, 2.24) is 4.98 Å². The maximum Gasteiger partial charge on any atom is 0.366 e. The second-order valence-electron chi connectivity index (χ2n) is 6.70. The van der Waals surface area contributed by atoms with Gasteiger partial charge >= 0.3 is 5.82 Å². The number of amides is 2. The molecule has 2 unspecified atom stereocenters. The van der Waals surface area contributed by atoms with Crippen molar-refractivity contribution in [3.63, 3.8) is 0 Å². The number of ether oxygens (including phenoxy) is 1. The van der Waals surface area contributed by atoms with Gasteiger partial charge < -0.3 is 20.2 Å². The van der Waals surface area contributed by atoms with Crippen molar-refractivity contribution in [3.05, 3.63) is 51.6 Å². The van der Waals surface area contributed by atoms with Crippen LogP contribution in [0.25, 0.3) is 0 Å². The fourth-order valence-corrected chi connectivity index (χ4v) is 2.93. The first kappa shape index (κ1) is 19.3. The molecule has 2 aromatic rings. The van der Waals surface area contributed by atoms with E-state index in [1.165, 1.54) is 12.1 Å². The Hall–Kier alpha value is -3.49. The number of anilines is 2. The zero-order valence-corrected chi connectivity index (χ0v) is 15.9. The van der Waals surface area contributed by atoms with Gasteiger partial charge in [-0.3, -0.25) is 14.5 Å². The lowest BCUT2D eigenvalue weighted by Crippen LogP contribution is -2.53. The van der Waals surface area contributed by atoms with E-state index in [2.05, 4.69) is 10.3 Å². The van der Waals surface area contributed by atoms with Gasteiger partial charge in [-0.2, -0.15) is 0 Å². The molecule has 1 N–H and O–H groups in total. The first-order valence-electron chi connectivity index (χ1n) is 8.72. The van der Waals surface area contributed by atoms with Crippen LogP contribution in [-0.4, -0.2) is 33.9 Å². The van der Waals surface area contributed by atoms with E-state index < -0.39 is 34.7 Å². The van der Waals surface area contributed by atoms with E-state index >= 15 is 0 Å². The summed E-state index contributed by atoms with van der Waals surface area (Å²) in [6.07, 6.45) is -0.841. The predicted octanol–water partition coefficient (Wildman–Crippen LogP) is 2.75. The number of carbonyl (C=O) groups is 2. The van der Waals surface area contributed by atoms with Crippen LogP contribution in [0.5, 0.6) is 5.75 Å². The van der Waals surface area contributed by atoms with Crippen LogP contribution in [-0.2, 0) is 9.59 Å². The van der Waals surface area contributed by atoms with Gasteiger partial charge in [-0.05, 0) is 60.9 Å². The third-order valence-electron chi connectivity index (χ3n) is 4.55. The molecule has 0 spiro atoms. The Balaban J connectivity index is 1.95. The third kappa shape index (κ3) is 3.51. The Bertz CT molecular complexity index is 975. The molecular formula is C19H20N4O5. The standard InChI is InChI=1S/C19H20N4O5/c1-10-5-6-11(2)14(9-10)20-18(24)12(3)22-17-15(28-13(4)19(22)25)7-8-16(21-17)23(26)27/h5-9,12-13H,1-4H3,(H,20,24). The fourth-order valence-electron chi connectivity index (χ4n) is 2.93. The van der Waals surface area contributed by atoms with Crippen molar-refractivity contribution < 1.29 is 19.2 Å². The summed E-state index contributed by atoms with van der Waals surface area (Å²) in [6, 6.07) is 7.28. The lowest BCUT2D eigenvalue weighted by Gasteiger charge is -2.32. The van der Waals surface area contributed by atoms with Crippen molar-refractivity contribution in [3.8, 4) is 5.75 Å². The zero-order valence-electron chi connectivity index (χ0n) is 15.9. The molecular weight excluding hydrogens is 364 g/mol. The topological polar surface area (TPSA) is 115 Å². The largest absolute Gasteiger partial charge is 0.475 e. The van der Waals surface area contributed by atoms with Gasteiger partial charge in [0.05, 0.1) is 0 Å². The lowest BCUT2D eigenvalue weighted by molar-refractivity contribution is -0.389. The van der Waals surface area contributed by atoms with E-state index in [0.717, 1.165) is 16.0 Å². The highest BCUT2D eigenvalue weighted by Gasteiger charge is 2.41. The maximum absolute atomic E-state index is 12.8. The molecule has 1 aromatic heterocycles. The number of fused-ring (bicyclic) bond motifs is 1. The average Bonchev–Trinajstić information content (AvgIpc) is 2.64. The Morgan fingerprint density at radius 2 is 2.04 bits per heavy atom. The van der Waals surface area contributed by atoms with E-state index in [9.17, 15) is 19.7 Å². The molecule has 2 atom stereocenters. The van der Waals surface area contributed by atoms with Crippen molar-refractivity contribution in [2.75, 3.05) is 10.2 Å². The minimum atomic E-state index is -0.952. The number of nitrogens with one attached hydrogen (secondary N) is 1. The van der Waals surface area contributed by atoms with Gasteiger partial charge in [0.25, 0.3) is 11.7 Å². The summed E-state index contributed by atoms with van der Waals surface area (Å²) < 4.78 is 5.48. The number of hydrogen-bond donors (Lipinski definition) is 1. The van der Waals surface area contributed by atoms with Crippen LogP contribution < -0.4 is 15.0 Å². The summed E-state index contributed by atoms with van der Waals surface area (Å²) in [5, 5.41) is 13.9. The number of nitrogens with zero attached hydrogens (tertiary/aromatic N) is 3. The molecule has 1 aliphatic rings. The summed E-state index contributed by atoms with van der Waals surface area (Å²) in [7, 11) is 0. The highest BCUT2D eigenvalue weighted by atomic mass is 16.6. The lowest BCUT2D eigenvalue weighted by atomic mass is 10.1. The molecule has 0 aliphatic carbocycles. The highest BCUT2D eigenvalue weighted by molar-refractivity contribution is 6.07. The first-order valence-corrected chi connectivity index (χ1v) is 8.72. The van der Waals surface area contributed by atoms with Crippen molar-refractivity contribution in [2.45, 2.75) is 39.8 Å². The van der Waals surface area contributed by atoms with Crippen LogP contribution in [0.1, 0.15) is 25.0 Å². The highest BCUT2D eigenvalue weighted by Crippen LogP contribution is 2.35. The quantitative estimate of drug-likeness (QED) is 0.640. The number of carbonyl (C=O) groups excluding carboxylic acids is 2. The SMILES string of the molecule is Cc1ccc(C)c(NC(=O)C(C)N2C(=O)C(C)Oc3ccc([N+](=O)[O-])nc32)c1. The van der Waals surface area contributed by atoms with E-state index in [4.69, 9.17) is 4.74 Å². The molecule has 1 aromatic carbocycles. The average molecular weight is 384 g/mol. The predicted molar refractivity (Wildman–Crippen MR) is 102 cm³/mol. The Morgan fingerprint density at radius 3 is 2.71 bits per heavy atom. The normalized spacial score (nSPS) is 16.8. The Morgan fingerprint density at radius 1 is 1.32 bits per heavy atom. The second-order valence-corrected chi connectivity index (χ2v) is 6.70. The summed E-state index contributed by atoms with van der Waals surface area (Å²) in [5.41, 5.74) is 2.49. The minimum Gasteiger partial charge on any atom is -0.475 e. The van der Waals surface area contributed by atoms with Crippen LogP contribution in [0.3, 0.4) is 0 Å². The van der Waals surface area contributed by atoms with Crippen molar-refractivity contribution >= 4 is 29.1 Å². The van der Waals surface area contributed by atoms with Gasteiger partial charge in [0, 0.05) is 11.8 Å². The molecule has 0 saturated heterocycles. The van der Waals surface area contributed by atoms with E-state index in [0.29, 0.717) is 5.69 Å². The molecule has 28 heavy (non-hydrogen) atoms. The molecule has 9 heteroatoms. The van der Waals surface area contributed by atoms with Crippen LogP contribution in [0, 0.1) is 24.0 Å². The minimum absolute atomic E-state index is 0.0408. The number of nitro groups is 1. The zero-order chi connectivity index (χ0) is 20.6. The number of aromatic nitrogens is 1. The van der Waals surface area contributed by atoms with Crippen LogP contribution >= 0.6 is 0 Å². The number of pyridine rings is 1. The number of benzene rings is 1. The number of hydrogen-bond acceptors (Lipinski definition) is 6. The van der Waals surface area contributed by atoms with Crippen LogP contribution in [0.4, 0.5) is 17.3 Å². The van der Waals surface area contributed by atoms with Crippen LogP contribution in [0.15, 0.2) is 30.3 Å². The fraction of sp³-hybridized carbons (Fsp3) is 0.316. The molecule has 3 rings (SSSR count). The summed E-state index contributed by atoms with van der Waals surface area (Å²) in [4.78, 5) is 41.0. The molecule has 146 valence electrons. The van der Waals surface area contributed by atoms with Gasteiger partial charge in [0.2, 0.25) is 5.91 Å². The first-order chi connectivity index (χ1) is 13.2. The van der Waals surface area contributed by atoms with Gasteiger partial charge in [0.1, 0.15) is 6.04 Å². The van der Waals surface area contributed by atoms with Gasteiger partial charge in [-0.1, -0.05) is 12.1 Å². The molecule has 9 nitrogen and oxygen atoms in total. The molecule has 1 aliphatic heterocycles.